The van der Waals surface area contributed by atoms with Crippen LogP contribution in [0.25, 0.3) is 0 Å². The summed E-state index contributed by atoms with van der Waals surface area (Å²) in [5, 5.41) is 0.548. The fourth-order valence-corrected chi connectivity index (χ4v) is 2.85. The smallest absolute Gasteiger partial charge is 0.257 e. The lowest BCUT2D eigenvalue weighted by atomic mass is 9.93. The van der Waals surface area contributed by atoms with Crippen LogP contribution in [-0.2, 0) is 0 Å². The highest BCUT2D eigenvalue weighted by molar-refractivity contribution is 6.31. The number of carbonyl (C=O) groups excluding carboxylic acids is 1. The van der Waals surface area contributed by atoms with Gasteiger partial charge in [-0.15, -0.1) is 0 Å². The van der Waals surface area contributed by atoms with E-state index in [9.17, 15) is 4.79 Å². The molecule has 1 aliphatic rings. The molecule has 1 aromatic carbocycles. The monoisotopic (exact) mass is 296 g/mol. The van der Waals surface area contributed by atoms with Crippen LogP contribution < -0.4 is 10.5 Å². The van der Waals surface area contributed by atoms with Crippen molar-refractivity contribution in [1.29, 1.82) is 0 Å². The summed E-state index contributed by atoms with van der Waals surface area (Å²) in [6, 6.07) is 5.14. The Hall–Kier alpha value is -1.26. The van der Waals surface area contributed by atoms with Crippen LogP contribution in [0.3, 0.4) is 0 Å². The first kappa shape index (κ1) is 15.1. The highest BCUT2D eigenvalue weighted by atomic mass is 35.5. The summed E-state index contributed by atoms with van der Waals surface area (Å²) in [5.74, 6) is 1.21. The van der Waals surface area contributed by atoms with Crippen LogP contribution >= 0.6 is 11.6 Å². The number of ether oxygens (including phenoxy) is 1. The molecule has 20 heavy (non-hydrogen) atoms. The molecule has 0 unspecified atom stereocenters. The summed E-state index contributed by atoms with van der Waals surface area (Å²) in [6.07, 6.45) is 3.08. The number of piperidine rings is 1. The predicted molar refractivity (Wildman–Crippen MR) is 80.3 cm³/mol. The maximum absolute atomic E-state index is 12.6. The molecule has 1 amide bonds. The Bertz CT molecular complexity index is 471. The topological polar surface area (TPSA) is 55.6 Å². The van der Waals surface area contributed by atoms with Crippen LogP contribution in [0.5, 0.6) is 5.75 Å². The number of hydrogen-bond donors (Lipinski definition) is 1. The van der Waals surface area contributed by atoms with Crippen LogP contribution in [0.1, 0.15) is 29.6 Å². The van der Waals surface area contributed by atoms with E-state index >= 15 is 0 Å². The molecule has 0 saturated carbocycles. The Balaban J connectivity index is 2.07. The van der Waals surface area contributed by atoms with E-state index in [1.54, 1.807) is 25.3 Å². The first-order chi connectivity index (χ1) is 9.65. The summed E-state index contributed by atoms with van der Waals surface area (Å²) in [6.45, 7) is 2.28. The van der Waals surface area contributed by atoms with Gasteiger partial charge in [0.2, 0.25) is 0 Å². The molecular formula is C15H21ClN2O2. The SMILES string of the molecule is COc1ccc(Cl)cc1C(=O)N1CCC(CCN)CC1. The minimum Gasteiger partial charge on any atom is -0.496 e. The predicted octanol–water partition coefficient (Wildman–Crippen LogP) is 2.55. The number of likely N-dealkylation sites (tertiary alicyclic amines) is 1. The quantitative estimate of drug-likeness (QED) is 0.929. The van der Waals surface area contributed by atoms with Gasteiger partial charge in [-0.3, -0.25) is 4.79 Å². The summed E-state index contributed by atoms with van der Waals surface area (Å²) in [4.78, 5) is 14.4. The van der Waals surface area contributed by atoms with Crippen molar-refractivity contribution in [3.63, 3.8) is 0 Å². The number of carbonyl (C=O) groups is 1. The molecule has 1 heterocycles. The number of hydrogen-bond acceptors (Lipinski definition) is 3. The molecule has 110 valence electrons. The lowest BCUT2D eigenvalue weighted by molar-refractivity contribution is 0.0684. The lowest BCUT2D eigenvalue weighted by Gasteiger charge is -2.32. The zero-order valence-corrected chi connectivity index (χ0v) is 12.5. The van der Waals surface area contributed by atoms with E-state index in [1.165, 1.54) is 0 Å². The molecule has 1 aliphatic heterocycles. The zero-order valence-electron chi connectivity index (χ0n) is 11.8. The minimum absolute atomic E-state index is 0.00412. The van der Waals surface area contributed by atoms with Crippen LogP contribution in [0.4, 0.5) is 0 Å². The molecule has 2 N–H and O–H groups in total. The van der Waals surface area contributed by atoms with Gasteiger partial charge in [-0.1, -0.05) is 11.6 Å². The van der Waals surface area contributed by atoms with Crippen molar-refractivity contribution in [1.82, 2.24) is 4.90 Å². The third kappa shape index (κ3) is 3.44. The third-order valence-electron chi connectivity index (χ3n) is 3.87. The number of methoxy groups -OCH3 is 1. The van der Waals surface area contributed by atoms with E-state index in [0.717, 1.165) is 38.9 Å². The van der Waals surface area contributed by atoms with E-state index < -0.39 is 0 Å². The van der Waals surface area contributed by atoms with Crippen LogP contribution in [0.2, 0.25) is 5.02 Å². The molecule has 0 spiro atoms. The van der Waals surface area contributed by atoms with Gasteiger partial charge in [0.25, 0.3) is 5.91 Å². The van der Waals surface area contributed by atoms with Crippen molar-refractivity contribution in [2.24, 2.45) is 11.7 Å². The van der Waals surface area contributed by atoms with E-state index in [0.29, 0.717) is 22.3 Å². The fraction of sp³-hybridized carbons (Fsp3) is 0.533. The van der Waals surface area contributed by atoms with Gasteiger partial charge in [0.1, 0.15) is 5.75 Å². The third-order valence-corrected chi connectivity index (χ3v) is 4.10. The number of nitrogens with two attached hydrogens (primary N) is 1. The molecule has 0 aromatic heterocycles. The Morgan fingerprint density at radius 3 is 2.75 bits per heavy atom. The van der Waals surface area contributed by atoms with Gasteiger partial charge in [-0.2, -0.15) is 0 Å². The highest BCUT2D eigenvalue weighted by Crippen LogP contribution is 2.27. The Kier molecular flexibility index (Phi) is 5.26. The van der Waals surface area contributed by atoms with Crippen molar-refractivity contribution in [2.75, 3.05) is 26.7 Å². The van der Waals surface area contributed by atoms with Crippen molar-refractivity contribution < 1.29 is 9.53 Å². The van der Waals surface area contributed by atoms with Crippen molar-refractivity contribution >= 4 is 17.5 Å². The van der Waals surface area contributed by atoms with Crippen LogP contribution in [0, 0.1) is 5.92 Å². The first-order valence-electron chi connectivity index (χ1n) is 6.98. The summed E-state index contributed by atoms with van der Waals surface area (Å²) in [5.41, 5.74) is 6.13. The molecular weight excluding hydrogens is 276 g/mol. The number of amides is 1. The molecule has 1 saturated heterocycles. The maximum atomic E-state index is 12.6. The van der Waals surface area contributed by atoms with Gasteiger partial charge in [-0.25, -0.2) is 0 Å². The second-order valence-electron chi connectivity index (χ2n) is 5.16. The second-order valence-corrected chi connectivity index (χ2v) is 5.59. The lowest BCUT2D eigenvalue weighted by Crippen LogP contribution is -2.39. The van der Waals surface area contributed by atoms with E-state index in [1.807, 2.05) is 4.90 Å². The Morgan fingerprint density at radius 1 is 1.45 bits per heavy atom. The molecule has 0 bridgehead atoms. The van der Waals surface area contributed by atoms with Crippen molar-refractivity contribution in [3.8, 4) is 5.75 Å². The van der Waals surface area contributed by atoms with Gasteiger partial charge in [-0.05, 0) is 49.9 Å². The molecule has 1 aromatic rings. The summed E-state index contributed by atoms with van der Waals surface area (Å²) < 4.78 is 5.25. The average Bonchev–Trinajstić information content (AvgIpc) is 2.47. The minimum atomic E-state index is -0.00412. The number of rotatable bonds is 4. The fourth-order valence-electron chi connectivity index (χ4n) is 2.68. The maximum Gasteiger partial charge on any atom is 0.257 e. The van der Waals surface area contributed by atoms with Crippen LogP contribution in [-0.4, -0.2) is 37.6 Å². The first-order valence-corrected chi connectivity index (χ1v) is 7.36. The van der Waals surface area contributed by atoms with Crippen molar-refractivity contribution in [3.05, 3.63) is 28.8 Å². The Morgan fingerprint density at radius 2 is 2.15 bits per heavy atom. The van der Waals surface area contributed by atoms with Crippen LogP contribution in [0.15, 0.2) is 18.2 Å². The highest BCUT2D eigenvalue weighted by Gasteiger charge is 2.25. The van der Waals surface area contributed by atoms with Gasteiger partial charge in [0.05, 0.1) is 12.7 Å². The molecule has 4 nitrogen and oxygen atoms in total. The average molecular weight is 297 g/mol. The number of benzene rings is 1. The number of nitrogens with zero attached hydrogens (tertiary/aromatic N) is 1. The van der Waals surface area contributed by atoms with E-state index in [2.05, 4.69) is 0 Å². The summed E-state index contributed by atoms with van der Waals surface area (Å²) in [7, 11) is 1.56. The zero-order chi connectivity index (χ0) is 14.5. The molecule has 1 fully saturated rings. The molecule has 0 atom stereocenters. The van der Waals surface area contributed by atoms with Gasteiger partial charge in [0, 0.05) is 18.1 Å². The Labute approximate surface area is 124 Å². The largest absolute Gasteiger partial charge is 0.496 e. The molecule has 0 aliphatic carbocycles. The summed E-state index contributed by atoms with van der Waals surface area (Å²) >= 11 is 5.98. The van der Waals surface area contributed by atoms with E-state index in [4.69, 9.17) is 22.1 Å². The molecule has 0 radical (unpaired) electrons. The van der Waals surface area contributed by atoms with E-state index in [-0.39, 0.29) is 5.91 Å². The second kappa shape index (κ2) is 6.95. The molecule has 2 rings (SSSR count). The number of halogens is 1. The normalized spacial score (nSPS) is 16.2. The molecule has 5 heteroatoms. The van der Waals surface area contributed by atoms with Crippen molar-refractivity contribution in [2.45, 2.75) is 19.3 Å². The standard InChI is InChI=1S/C15H21ClN2O2/c1-20-14-3-2-12(16)10-13(14)15(19)18-8-5-11(4-7-17)6-9-18/h2-3,10-11H,4-9,17H2,1H3. The van der Waals surface area contributed by atoms with Gasteiger partial charge in [0.15, 0.2) is 0 Å². The van der Waals surface area contributed by atoms with Gasteiger partial charge >= 0.3 is 0 Å². The van der Waals surface area contributed by atoms with Gasteiger partial charge < -0.3 is 15.4 Å².